The van der Waals surface area contributed by atoms with Crippen LogP contribution in [0.3, 0.4) is 0 Å². The van der Waals surface area contributed by atoms with Gasteiger partial charge in [-0.05, 0) is 31.0 Å². The van der Waals surface area contributed by atoms with Gasteiger partial charge in [0.25, 0.3) is 0 Å². The summed E-state index contributed by atoms with van der Waals surface area (Å²) in [5.41, 5.74) is 3.53. The van der Waals surface area contributed by atoms with Crippen LogP contribution in [0, 0.1) is 13.8 Å². The molecule has 0 saturated heterocycles. The molecule has 0 atom stereocenters. The third-order valence-corrected chi connectivity index (χ3v) is 6.10. The topological polar surface area (TPSA) is 63.9 Å². The molecule has 2 aromatic heterocycles. The van der Waals surface area contributed by atoms with Crippen molar-refractivity contribution in [3.63, 3.8) is 0 Å². The number of carbonyl (C=O) groups excluding carboxylic acids is 1. The molecule has 3 aromatic rings. The van der Waals surface area contributed by atoms with Crippen molar-refractivity contribution >= 4 is 51.4 Å². The van der Waals surface area contributed by atoms with Crippen LogP contribution in [-0.4, -0.2) is 25.7 Å². The predicted octanol–water partition coefficient (Wildman–Crippen LogP) is 5.17. The van der Waals surface area contributed by atoms with E-state index in [1.54, 1.807) is 29.1 Å². The summed E-state index contributed by atoms with van der Waals surface area (Å²) < 4.78 is 1.92. The Morgan fingerprint density at radius 3 is 2.89 bits per heavy atom. The number of benzene rings is 1. The van der Waals surface area contributed by atoms with Gasteiger partial charge in [-0.2, -0.15) is 0 Å². The first-order valence-electron chi connectivity index (χ1n) is 8.54. The van der Waals surface area contributed by atoms with Gasteiger partial charge in [0, 0.05) is 24.6 Å². The van der Waals surface area contributed by atoms with Crippen LogP contribution in [0.15, 0.2) is 41.7 Å². The molecular weight excluding hydrogens is 414 g/mol. The number of carbonyl (C=O) groups is 1. The molecule has 0 aliphatic rings. The van der Waals surface area contributed by atoms with Crippen molar-refractivity contribution in [3.05, 3.63) is 58.3 Å². The van der Waals surface area contributed by atoms with E-state index < -0.39 is 0 Å². The first-order chi connectivity index (χ1) is 13.4. The van der Waals surface area contributed by atoms with Gasteiger partial charge in [-0.15, -0.1) is 28.1 Å². The highest BCUT2D eigenvalue weighted by atomic mass is 35.5. The number of hydrogen-bond donors (Lipinski definition) is 0. The fourth-order valence-electron chi connectivity index (χ4n) is 2.80. The molecule has 0 fully saturated rings. The molecule has 0 aliphatic carbocycles. The smallest absolute Gasteiger partial charge is 0.230 e. The Labute approximate surface area is 177 Å². The maximum Gasteiger partial charge on any atom is 0.230 e. The average molecular weight is 434 g/mol. The highest BCUT2D eigenvalue weighted by Crippen LogP contribution is 2.37. The minimum Gasteiger partial charge on any atom is -0.305 e. The Balaban J connectivity index is 1.83. The molecule has 0 aliphatic heterocycles. The number of amides is 1. The highest BCUT2D eigenvalue weighted by molar-refractivity contribution is 7.98. The average Bonchev–Trinajstić information content (AvgIpc) is 3.25. The zero-order chi connectivity index (χ0) is 20.3. The van der Waals surface area contributed by atoms with Crippen LogP contribution in [0.1, 0.15) is 23.7 Å². The molecule has 146 valence electrons. The van der Waals surface area contributed by atoms with Crippen LogP contribution >= 0.6 is 34.7 Å². The number of nitrogens with zero attached hydrogens (tertiary/aromatic N) is 5. The van der Waals surface area contributed by atoms with Gasteiger partial charge in [-0.25, -0.2) is 4.98 Å². The summed E-state index contributed by atoms with van der Waals surface area (Å²) >= 11 is 9.42. The van der Waals surface area contributed by atoms with E-state index in [2.05, 4.69) is 21.8 Å². The molecule has 9 heteroatoms. The van der Waals surface area contributed by atoms with Crippen LogP contribution in [0.4, 0.5) is 10.8 Å². The predicted molar refractivity (Wildman–Crippen MR) is 116 cm³/mol. The van der Waals surface area contributed by atoms with Gasteiger partial charge in [-0.3, -0.25) is 9.69 Å². The second-order valence-electron chi connectivity index (χ2n) is 6.23. The summed E-state index contributed by atoms with van der Waals surface area (Å²) in [5.74, 6) is 0.492. The van der Waals surface area contributed by atoms with E-state index in [-0.39, 0.29) is 5.91 Å². The second kappa shape index (κ2) is 8.89. The lowest BCUT2D eigenvalue weighted by Gasteiger charge is -2.22. The summed E-state index contributed by atoms with van der Waals surface area (Å²) in [6.45, 7) is 9.83. The minimum absolute atomic E-state index is 0.131. The van der Waals surface area contributed by atoms with Crippen LogP contribution in [-0.2, 0) is 17.1 Å². The summed E-state index contributed by atoms with van der Waals surface area (Å²) in [6, 6.07) is 3.87. The number of aromatic nitrogens is 4. The van der Waals surface area contributed by atoms with Crippen molar-refractivity contribution in [2.75, 3.05) is 4.90 Å². The molecule has 0 saturated carbocycles. The number of anilines is 2. The summed E-state index contributed by atoms with van der Waals surface area (Å²) in [5, 5.41) is 11.9. The highest BCUT2D eigenvalue weighted by Gasteiger charge is 2.22. The van der Waals surface area contributed by atoms with Crippen molar-refractivity contribution in [2.45, 2.75) is 38.2 Å². The van der Waals surface area contributed by atoms with Gasteiger partial charge >= 0.3 is 0 Å². The third-order valence-electron chi connectivity index (χ3n) is 3.92. The number of hydrogen-bond acceptors (Lipinski definition) is 6. The van der Waals surface area contributed by atoms with Gasteiger partial charge < -0.3 is 4.57 Å². The van der Waals surface area contributed by atoms with Gasteiger partial charge in [0.2, 0.25) is 5.91 Å². The van der Waals surface area contributed by atoms with Crippen molar-refractivity contribution in [1.82, 2.24) is 19.7 Å². The Morgan fingerprint density at radius 1 is 1.43 bits per heavy atom. The SMILES string of the molecule is C=CCn1cnnc1SCc1csc(N(C(C)=O)c2c(C)cc(C)cc2Cl)n1. The van der Waals surface area contributed by atoms with Gasteiger partial charge in [0.05, 0.1) is 16.4 Å². The zero-order valence-electron chi connectivity index (χ0n) is 15.8. The standard InChI is InChI=1S/C19H20ClN5OS2/c1-5-6-24-11-21-23-19(24)28-10-15-9-27-18(22-15)25(14(4)26)17-13(3)7-12(2)8-16(17)20/h5,7-9,11H,1,6,10H2,2-4H3. The molecule has 3 rings (SSSR count). The monoisotopic (exact) mass is 433 g/mol. The normalized spacial score (nSPS) is 10.9. The van der Waals surface area contributed by atoms with Gasteiger partial charge in [0.1, 0.15) is 6.33 Å². The first-order valence-corrected chi connectivity index (χ1v) is 10.8. The summed E-state index contributed by atoms with van der Waals surface area (Å²) in [4.78, 5) is 18.6. The Kier molecular flexibility index (Phi) is 6.53. The number of thiazole rings is 1. The Hall–Kier alpha value is -2.16. The lowest BCUT2D eigenvalue weighted by molar-refractivity contribution is -0.115. The number of aryl methyl sites for hydroxylation is 2. The molecule has 1 aromatic carbocycles. The Morgan fingerprint density at radius 2 is 2.21 bits per heavy atom. The molecule has 1 amide bonds. The number of halogens is 1. The van der Waals surface area contributed by atoms with E-state index in [9.17, 15) is 4.79 Å². The molecule has 0 N–H and O–H groups in total. The van der Waals surface area contributed by atoms with Crippen LogP contribution < -0.4 is 4.90 Å². The zero-order valence-corrected chi connectivity index (χ0v) is 18.2. The molecule has 0 radical (unpaired) electrons. The largest absolute Gasteiger partial charge is 0.305 e. The molecule has 2 heterocycles. The van der Waals surface area contributed by atoms with Crippen molar-refractivity contribution < 1.29 is 4.79 Å². The first kappa shape index (κ1) is 20.6. The summed E-state index contributed by atoms with van der Waals surface area (Å²) in [6.07, 6.45) is 3.48. The van der Waals surface area contributed by atoms with Crippen LogP contribution in [0.5, 0.6) is 0 Å². The van der Waals surface area contributed by atoms with E-state index in [0.29, 0.717) is 28.1 Å². The number of thioether (sulfide) groups is 1. The lowest BCUT2D eigenvalue weighted by atomic mass is 10.1. The molecule has 0 unspecified atom stereocenters. The number of rotatable bonds is 7. The second-order valence-corrected chi connectivity index (χ2v) is 8.42. The van der Waals surface area contributed by atoms with Crippen molar-refractivity contribution in [3.8, 4) is 0 Å². The van der Waals surface area contributed by atoms with Crippen LogP contribution in [0.2, 0.25) is 5.02 Å². The summed E-state index contributed by atoms with van der Waals surface area (Å²) in [7, 11) is 0. The maximum absolute atomic E-state index is 12.4. The van der Waals surface area contributed by atoms with E-state index in [1.165, 1.54) is 18.3 Å². The molecular formula is C19H20ClN5OS2. The van der Waals surface area contributed by atoms with Gasteiger partial charge in [0.15, 0.2) is 10.3 Å². The van der Waals surface area contributed by atoms with E-state index >= 15 is 0 Å². The molecule has 0 bridgehead atoms. The van der Waals surface area contributed by atoms with E-state index in [0.717, 1.165) is 22.0 Å². The van der Waals surface area contributed by atoms with E-state index in [1.807, 2.05) is 35.9 Å². The fraction of sp³-hybridized carbons (Fsp3) is 0.263. The van der Waals surface area contributed by atoms with Gasteiger partial charge in [-0.1, -0.05) is 35.5 Å². The minimum atomic E-state index is -0.131. The molecule has 28 heavy (non-hydrogen) atoms. The molecule has 0 spiro atoms. The lowest BCUT2D eigenvalue weighted by Crippen LogP contribution is -2.24. The van der Waals surface area contributed by atoms with E-state index in [4.69, 9.17) is 11.6 Å². The Bertz CT molecular complexity index is 990. The van der Waals surface area contributed by atoms with Crippen molar-refractivity contribution in [1.29, 1.82) is 0 Å². The fourth-order valence-corrected chi connectivity index (χ4v) is 5.00. The quantitative estimate of drug-likeness (QED) is 0.380. The third kappa shape index (κ3) is 4.45. The number of allylic oxidation sites excluding steroid dienone is 1. The molecule has 6 nitrogen and oxygen atoms in total. The van der Waals surface area contributed by atoms with Crippen LogP contribution in [0.25, 0.3) is 0 Å². The maximum atomic E-state index is 12.4. The van der Waals surface area contributed by atoms with Crippen molar-refractivity contribution in [2.24, 2.45) is 0 Å².